The molecule has 1 saturated carbocycles. The molecule has 0 saturated heterocycles. The summed E-state index contributed by atoms with van der Waals surface area (Å²) in [5.41, 5.74) is 6.80. The summed E-state index contributed by atoms with van der Waals surface area (Å²) < 4.78 is 5.74. The van der Waals surface area contributed by atoms with Crippen molar-refractivity contribution in [2.45, 2.75) is 32.8 Å². The fourth-order valence-electron chi connectivity index (χ4n) is 2.43. The van der Waals surface area contributed by atoms with Crippen LogP contribution in [0.5, 0.6) is 0 Å². The normalized spacial score (nSPS) is 25.1. The van der Waals surface area contributed by atoms with Crippen molar-refractivity contribution in [2.24, 2.45) is 17.6 Å². The minimum atomic E-state index is 0.651. The van der Waals surface area contributed by atoms with Gasteiger partial charge >= 0.3 is 0 Å². The van der Waals surface area contributed by atoms with E-state index in [2.05, 4.69) is 10.4 Å². The van der Waals surface area contributed by atoms with Gasteiger partial charge in [0, 0.05) is 5.38 Å². The average molecular weight is 240 g/mol. The first kappa shape index (κ1) is 12.0. The second kappa shape index (κ2) is 5.75. The highest BCUT2D eigenvalue weighted by Crippen LogP contribution is 2.31. The van der Waals surface area contributed by atoms with E-state index in [1.54, 1.807) is 11.3 Å². The van der Waals surface area contributed by atoms with E-state index in [0.29, 0.717) is 18.4 Å². The average Bonchev–Trinajstić information content (AvgIpc) is 2.87. The summed E-state index contributed by atoms with van der Waals surface area (Å²) >= 11 is 1.68. The fraction of sp³-hybridized carbons (Fsp3) is 0.750. The number of nitrogens with two attached hydrogens (primary N) is 1. The summed E-state index contributed by atoms with van der Waals surface area (Å²) in [4.78, 5) is 4.38. The molecule has 1 aliphatic rings. The van der Waals surface area contributed by atoms with Gasteiger partial charge in [0.05, 0.1) is 23.9 Å². The van der Waals surface area contributed by atoms with Crippen molar-refractivity contribution in [3.05, 3.63) is 16.1 Å². The molecular weight excluding hydrogens is 220 g/mol. The minimum absolute atomic E-state index is 0.651. The van der Waals surface area contributed by atoms with E-state index in [4.69, 9.17) is 10.5 Å². The molecule has 2 rings (SSSR count). The van der Waals surface area contributed by atoms with Gasteiger partial charge < -0.3 is 10.5 Å². The molecule has 0 spiro atoms. The maximum Gasteiger partial charge on any atom is 0.0898 e. The first-order valence-corrected chi connectivity index (χ1v) is 6.86. The molecule has 2 unspecified atom stereocenters. The first-order chi connectivity index (χ1) is 7.79. The Morgan fingerprint density at radius 1 is 1.50 bits per heavy atom. The maximum atomic E-state index is 5.74. The molecular formula is C12H20N2OS. The lowest BCUT2D eigenvalue weighted by Gasteiger charge is -2.17. The Hall–Kier alpha value is -0.450. The summed E-state index contributed by atoms with van der Waals surface area (Å²) in [7, 11) is 0. The Balaban J connectivity index is 1.71. The number of hydrogen-bond donors (Lipinski definition) is 1. The molecule has 1 aromatic rings. The Kier molecular flexibility index (Phi) is 4.32. The first-order valence-electron chi connectivity index (χ1n) is 5.98. The molecule has 3 nitrogen and oxygen atoms in total. The topological polar surface area (TPSA) is 48.1 Å². The van der Waals surface area contributed by atoms with Gasteiger partial charge in [0.25, 0.3) is 0 Å². The van der Waals surface area contributed by atoms with Crippen LogP contribution in [-0.2, 0) is 11.3 Å². The van der Waals surface area contributed by atoms with Crippen LogP contribution in [0.2, 0.25) is 0 Å². The van der Waals surface area contributed by atoms with Crippen molar-refractivity contribution in [1.29, 1.82) is 0 Å². The Bertz CT molecular complexity index is 327. The molecule has 0 aromatic carbocycles. The van der Waals surface area contributed by atoms with Crippen LogP contribution >= 0.6 is 11.3 Å². The van der Waals surface area contributed by atoms with E-state index < -0.39 is 0 Å². The van der Waals surface area contributed by atoms with Crippen LogP contribution in [0.15, 0.2) is 5.38 Å². The quantitative estimate of drug-likeness (QED) is 0.859. The van der Waals surface area contributed by atoms with E-state index in [1.807, 2.05) is 6.92 Å². The van der Waals surface area contributed by atoms with Crippen molar-refractivity contribution >= 4 is 11.3 Å². The van der Waals surface area contributed by atoms with Gasteiger partial charge in [-0.3, -0.25) is 0 Å². The molecule has 1 fully saturated rings. The lowest BCUT2D eigenvalue weighted by molar-refractivity contribution is 0.0736. The zero-order chi connectivity index (χ0) is 11.4. The monoisotopic (exact) mass is 240 g/mol. The highest BCUT2D eigenvalue weighted by molar-refractivity contribution is 7.09. The lowest BCUT2D eigenvalue weighted by atomic mass is 9.97. The van der Waals surface area contributed by atoms with Gasteiger partial charge in [-0.15, -0.1) is 11.3 Å². The number of hydrogen-bond acceptors (Lipinski definition) is 4. The third-order valence-electron chi connectivity index (χ3n) is 3.37. The molecule has 1 aromatic heterocycles. The van der Waals surface area contributed by atoms with Crippen LogP contribution in [0.25, 0.3) is 0 Å². The van der Waals surface area contributed by atoms with Crippen LogP contribution < -0.4 is 5.73 Å². The zero-order valence-corrected chi connectivity index (χ0v) is 10.6. The van der Waals surface area contributed by atoms with Gasteiger partial charge in [-0.1, -0.05) is 6.42 Å². The fourth-order valence-corrected chi connectivity index (χ4v) is 3.03. The third-order valence-corrected chi connectivity index (χ3v) is 4.19. The van der Waals surface area contributed by atoms with E-state index in [-0.39, 0.29) is 0 Å². The summed E-state index contributed by atoms with van der Waals surface area (Å²) in [5.74, 6) is 1.35. The number of ether oxygens (including phenoxy) is 1. The van der Waals surface area contributed by atoms with E-state index >= 15 is 0 Å². The summed E-state index contributed by atoms with van der Waals surface area (Å²) in [6.07, 6.45) is 3.87. The molecule has 0 aliphatic heterocycles. The van der Waals surface area contributed by atoms with Gasteiger partial charge in [0.15, 0.2) is 0 Å². The van der Waals surface area contributed by atoms with Gasteiger partial charge in [0.2, 0.25) is 0 Å². The van der Waals surface area contributed by atoms with Crippen LogP contribution in [-0.4, -0.2) is 18.1 Å². The molecule has 0 bridgehead atoms. The van der Waals surface area contributed by atoms with Crippen molar-refractivity contribution in [3.8, 4) is 0 Å². The number of aromatic nitrogens is 1. The molecule has 0 radical (unpaired) electrons. The minimum Gasteiger partial charge on any atom is -0.375 e. The van der Waals surface area contributed by atoms with Crippen LogP contribution in [0.3, 0.4) is 0 Å². The Morgan fingerprint density at radius 3 is 3.00 bits per heavy atom. The van der Waals surface area contributed by atoms with Gasteiger partial charge in [0.1, 0.15) is 0 Å². The predicted molar refractivity (Wildman–Crippen MR) is 66.4 cm³/mol. The molecule has 1 heterocycles. The molecule has 90 valence electrons. The summed E-state index contributed by atoms with van der Waals surface area (Å²) in [6.45, 7) is 4.33. The third kappa shape index (κ3) is 3.03. The van der Waals surface area contributed by atoms with E-state index in [9.17, 15) is 0 Å². The molecule has 1 aliphatic carbocycles. The van der Waals surface area contributed by atoms with Crippen molar-refractivity contribution < 1.29 is 4.74 Å². The Morgan fingerprint density at radius 2 is 2.31 bits per heavy atom. The SMILES string of the molecule is Cc1nc(COCC2CCCC2CN)cs1. The highest BCUT2D eigenvalue weighted by Gasteiger charge is 2.25. The second-order valence-corrected chi connectivity index (χ2v) is 5.62. The van der Waals surface area contributed by atoms with E-state index in [1.165, 1.54) is 19.3 Å². The largest absolute Gasteiger partial charge is 0.375 e. The second-order valence-electron chi connectivity index (χ2n) is 4.56. The molecule has 2 atom stereocenters. The smallest absolute Gasteiger partial charge is 0.0898 e. The van der Waals surface area contributed by atoms with Gasteiger partial charge in [-0.25, -0.2) is 4.98 Å². The van der Waals surface area contributed by atoms with Crippen LogP contribution in [0.4, 0.5) is 0 Å². The number of aryl methyl sites for hydroxylation is 1. The predicted octanol–water partition coefficient (Wildman–Crippen LogP) is 2.34. The zero-order valence-electron chi connectivity index (χ0n) is 9.82. The molecule has 2 N–H and O–H groups in total. The van der Waals surface area contributed by atoms with Crippen LogP contribution in [0.1, 0.15) is 30.0 Å². The summed E-state index contributed by atoms with van der Waals surface area (Å²) in [5, 5.41) is 3.18. The van der Waals surface area contributed by atoms with Crippen molar-refractivity contribution in [3.63, 3.8) is 0 Å². The molecule has 16 heavy (non-hydrogen) atoms. The highest BCUT2D eigenvalue weighted by atomic mass is 32.1. The standard InChI is InChI=1S/C12H20N2OS/c1-9-14-12(8-16-9)7-15-6-11-4-2-3-10(11)5-13/h8,10-11H,2-7,13H2,1H3. The van der Waals surface area contributed by atoms with Gasteiger partial charge in [-0.2, -0.15) is 0 Å². The number of rotatable bonds is 5. The van der Waals surface area contributed by atoms with E-state index in [0.717, 1.165) is 23.9 Å². The van der Waals surface area contributed by atoms with Crippen LogP contribution in [0, 0.1) is 18.8 Å². The lowest BCUT2D eigenvalue weighted by Crippen LogP contribution is -2.22. The summed E-state index contributed by atoms with van der Waals surface area (Å²) in [6, 6.07) is 0. The Labute approximate surface area is 101 Å². The number of nitrogens with zero attached hydrogens (tertiary/aromatic N) is 1. The van der Waals surface area contributed by atoms with Gasteiger partial charge in [-0.05, 0) is 38.1 Å². The molecule has 4 heteroatoms. The molecule has 0 amide bonds. The van der Waals surface area contributed by atoms with Crippen molar-refractivity contribution in [1.82, 2.24) is 4.98 Å². The number of thiazole rings is 1. The maximum absolute atomic E-state index is 5.74. The van der Waals surface area contributed by atoms with Crippen molar-refractivity contribution in [2.75, 3.05) is 13.2 Å².